The summed E-state index contributed by atoms with van der Waals surface area (Å²) in [6.45, 7) is -0.104. The van der Waals surface area contributed by atoms with E-state index in [0.29, 0.717) is 11.3 Å². The van der Waals surface area contributed by atoms with E-state index in [1.165, 1.54) is 30.3 Å². The molecule has 7 nitrogen and oxygen atoms in total. The first-order chi connectivity index (χ1) is 15.6. The molecule has 2 aromatic rings. The van der Waals surface area contributed by atoms with Crippen LogP contribution in [0.15, 0.2) is 30.3 Å². The molecule has 3 fully saturated rings. The number of halogens is 4. The zero-order valence-electron chi connectivity index (χ0n) is 16.7. The molecule has 3 saturated heterocycles. The standard InChI is InChI=1S/C22H15Cl3FN3O4/c23-8-1-11(6-12(30)2-8)29-19(31)16-15-5-10(26)7-28(15)22(17(16)20(29)32)13-3-9(24)4-14(25)18(13)27-21(22)33/h1-4,6,10,15-17,30H,5,7H2,(H,27,33)/t10-,15?,16?,17?,22?/m0/s1. The Hall–Kier alpha value is -2.39. The molecule has 6 rings (SSSR count). The molecule has 4 heterocycles. The fourth-order valence-electron chi connectivity index (χ4n) is 6.12. The van der Waals surface area contributed by atoms with Crippen LogP contribution in [0.5, 0.6) is 5.75 Å². The first kappa shape index (κ1) is 21.2. The molecule has 0 aliphatic carbocycles. The predicted octanol–water partition coefficient (Wildman–Crippen LogP) is 3.73. The second kappa shape index (κ2) is 6.82. The Morgan fingerprint density at radius 3 is 2.48 bits per heavy atom. The van der Waals surface area contributed by atoms with Gasteiger partial charge in [-0.05, 0) is 30.7 Å². The van der Waals surface area contributed by atoms with E-state index in [4.69, 9.17) is 34.8 Å². The van der Waals surface area contributed by atoms with Crippen LogP contribution in [0.1, 0.15) is 12.0 Å². The molecule has 2 aromatic carbocycles. The molecule has 1 spiro atoms. The Balaban J connectivity index is 1.58. The summed E-state index contributed by atoms with van der Waals surface area (Å²) >= 11 is 18.6. The molecule has 0 bridgehead atoms. The van der Waals surface area contributed by atoms with Crippen molar-refractivity contribution >= 4 is 63.9 Å². The summed E-state index contributed by atoms with van der Waals surface area (Å²) in [6.07, 6.45) is -1.26. The van der Waals surface area contributed by atoms with Gasteiger partial charge in [0, 0.05) is 34.3 Å². The molecule has 4 unspecified atom stereocenters. The Labute approximate surface area is 202 Å². The highest BCUT2D eigenvalue weighted by molar-refractivity contribution is 6.38. The number of benzene rings is 2. The van der Waals surface area contributed by atoms with Crippen molar-refractivity contribution in [1.82, 2.24) is 4.90 Å². The second-order valence-corrected chi connectivity index (χ2v) is 10.0. The lowest BCUT2D eigenvalue weighted by atomic mass is 9.75. The third-order valence-corrected chi connectivity index (χ3v) is 7.87. The van der Waals surface area contributed by atoms with Crippen LogP contribution in [0, 0.1) is 11.8 Å². The van der Waals surface area contributed by atoms with Gasteiger partial charge in [0.1, 0.15) is 17.5 Å². The molecule has 0 aromatic heterocycles. The third-order valence-electron chi connectivity index (χ3n) is 7.14. The number of rotatable bonds is 1. The lowest BCUT2D eigenvalue weighted by Gasteiger charge is -2.36. The Morgan fingerprint density at radius 2 is 1.76 bits per heavy atom. The van der Waals surface area contributed by atoms with Crippen molar-refractivity contribution in [3.05, 3.63) is 51.0 Å². The third kappa shape index (κ3) is 2.58. The van der Waals surface area contributed by atoms with Crippen molar-refractivity contribution in [2.45, 2.75) is 24.2 Å². The molecule has 5 atom stereocenters. The zero-order valence-corrected chi connectivity index (χ0v) is 19.0. The normalized spacial score (nSPS) is 32.5. The van der Waals surface area contributed by atoms with E-state index in [1.807, 2.05) is 0 Å². The number of anilines is 2. The van der Waals surface area contributed by atoms with Gasteiger partial charge in [-0.25, -0.2) is 9.29 Å². The quantitative estimate of drug-likeness (QED) is 0.571. The first-order valence-corrected chi connectivity index (χ1v) is 11.4. The van der Waals surface area contributed by atoms with Crippen molar-refractivity contribution in [3.8, 4) is 5.75 Å². The van der Waals surface area contributed by atoms with Gasteiger partial charge in [-0.15, -0.1) is 0 Å². The maximum absolute atomic E-state index is 14.7. The molecule has 0 saturated carbocycles. The Kier molecular flexibility index (Phi) is 4.37. The molecule has 2 N–H and O–H groups in total. The smallest absolute Gasteiger partial charge is 0.250 e. The number of carbonyl (C=O) groups is 3. The zero-order chi connectivity index (χ0) is 23.4. The minimum atomic E-state index is -1.64. The van der Waals surface area contributed by atoms with Crippen molar-refractivity contribution in [1.29, 1.82) is 0 Å². The van der Waals surface area contributed by atoms with Crippen molar-refractivity contribution in [3.63, 3.8) is 0 Å². The van der Waals surface area contributed by atoms with Gasteiger partial charge in [-0.2, -0.15) is 0 Å². The summed E-state index contributed by atoms with van der Waals surface area (Å²) in [7, 11) is 0. The number of carbonyl (C=O) groups excluding carboxylic acids is 3. The largest absolute Gasteiger partial charge is 0.508 e. The van der Waals surface area contributed by atoms with Crippen molar-refractivity contribution < 1.29 is 23.9 Å². The van der Waals surface area contributed by atoms with Crippen LogP contribution in [-0.4, -0.2) is 46.5 Å². The maximum Gasteiger partial charge on any atom is 0.250 e. The average Bonchev–Trinajstić information content (AvgIpc) is 3.37. The minimum Gasteiger partial charge on any atom is -0.508 e. The summed E-state index contributed by atoms with van der Waals surface area (Å²) in [4.78, 5) is 43.6. The molecule has 4 aliphatic rings. The predicted molar refractivity (Wildman–Crippen MR) is 119 cm³/mol. The van der Waals surface area contributed by atoms with Crippen molar-refractivity contribution in [2.75, 3.05) is 16.8 Å². The molecule has 33 heavy (non-hydrogen) atoms. The SMILES string of the molecule is O=C1C2C3C[C@H](F)CN3C3(C(=O)Nc4c(Cl)cc(Cl)cc43)C2C(=O)N1c1cc(O)cc(Cl)c1. The van der Waals surface area contributed by atoms with Crippen LogP contribution in [0.2, 0.25) is 15.1 Å². The summed E-state index contributed by atoms with van der Waals surface area (Å²) in [5, 5.41) is 13.3. The number of phenols is 1. The van der Waals surface area contributed by atoms with Gasteiger partial charge in [-0.1, -0.05) is 34.8 Å². The van der Waals surface area contributed by atoms with E-state index in [1.54, 1.807) is 4.90 Å². The number of hydrogen-bond donors (Lipinski definition) is 2. The van der Waals surface area contributed by atoms with Gasteiger partial charge in [0.05, 0.1) is 28.2 Å². The van der Waals surface area contributed by atoms with E-state index in [-0.39, 0.29) is 39.5 Å². The number of alkyl halides is 1. The number of phenolic OH excluding ortho intramolecular Hbond substituents is 1. The van der Waals surface area contributed by atoms with Gasteiger partial charge in [0.2, 0.25) is 11.8 Å². The van der Waals surface area contributed by atoms with Crippen LogP contribution in [0.25, 0.3) is 0 Å². The Morgan fingerprint density at radius 1 is 1.03 bits per heavy atom. The van der Waals surface area contributed by atoms with Crippen molar-refractivity contribution in [2.24, 2.45) is 11.8 Å². The molecule has 170 valence electrons. The van der Waals surface area contributed by atoms with Gasteiger partial charge < -0.3 is 10.4 Å². The van der Waals surface area contributed by atoms with E-state index in [2.05, 4.69) is 5.32 Å². The molecular weight excluding hydrogens is 496 g/mol. The maximum atomic E-state index is 14.7. The van der Waals surface area contributed by atoms with Gasteiger partial charge in [-0.3, -0.25) is 19.3 Å². The monoisotopic (exact) mass is 509 g/mol. The number of fused-ring (bicyclic) bond motifs is 7. The van der Waals surface area contributed by atoms with Gasteiger partial charge in [0.25, 0.3) is 5.91 Å². The summed E-state index contributed by atoms with van der Waals surface area (Å²) in [5.41, 5.74) is -0.897. The summed E-state index contributed by atoms with van der Waals surface area (Å²) in [6, 6.07) is 6.23. The number of hydrogen-bond acceptors (Lipinski definition) is 5. The van der Waals surface area contributed by atoms with Gasteiger partial charge >= 0.3 is 0 Å². The molecule has 4 aliphatic heterocycles. The van der Waals surface area contributed by atoms with Crippen LogP contribution in [-0.2, 0) is 19.9 Å². The van der Waals surface area contributed by atoms with E-state index in [0.717, 1.165) is 4.90 Å². The fourth-order valence-corrected chi connectivity index (χ4v) is 6.89. The molecular formula is C22H15Cl3FN3O4. The number of imide groups is 1. The number of aromatic hydroxyl groups is 1. The lowest BCUT2D eigenvalue weighted by Crippen LogP contribution is -2.54. The highest BCUT2D eigenvalue weighted by Gasteiger charge is 2.75. The minimum absolute atomic E-state index is 0.00742. The van der Waals surface area contributed by atoms with Crippen LogP contribution < -0.4 is 10.2 Å². The number of nitrogens with zero attached hydrogens (tertiary/aromatic N) is 2. The summed E-state index contributed by atoms with van der Waals surface area (Å²) < 4.78 is 14.7. The average molecular weight is 511 g/mol. The highest BCUT2D eigenvalue weighted by atomic mass is 35.5. The molecule has 0 radical (unpaired) electrons. The molecule has 11 heteroatoms. The van der Waals surface area contributed by atoms with E-state index < -0.39 is 47.3 Å². The number of nitrogens with one attached hydrogen (secondary N) is 1. The Bertz CT molecular complexity index is 1270. The van der Waals surface area contributed by atoms with Crippen LogP contribution >= 0.6 is 34.8 Å². The van der Waals surface area contributed by atoms with Gasteiger partial charge in [0.15, 0.2) is 0 Å². The lowest BCUT2D eigenvalue weighted by molar-refractivity contribution is -0.135. The van der Waals surface area contributed by atoms with Crippen LogP contribution in [0.4, 0.5) is 15.8 Å². The highest BCUT2D eigenvalue weighted by Crippen LogP contribution is 2.62. The molecule has 3 amide bonds. The first-order valence-electron chi connectivity index (χ1n) is 10.2. The topological polar surface area (TPSA) is 90.0 Å². The summed E-state index contributed by atoms with van der Waals surface area (Å²) in [5.74, 6) is -4.06. The second-order valence-electron chi connectivity index (χ2n) is 8.77. The van der Waals surface area contributed by atoms with Crippen LogP contribution in [0.3, 0.4) is 0 Å². The van der Waals surface area contributed by atoms with E-state index in [9.17, 15) is 23.9 Å². The van der Waals surface area contributed by atoms with E-state index >= 15 is 0 Å². The fraction of sp³-hybridized carbons (Fsp3) is 0.318. The number of amides is 3.